The molecule has 0 spiro atoms. The van der Waals surface area contributed by atoms with Crippen LogP contribution in [0.3, 0.4) is 0 Å². The normalized spacial score (nSPS) is 11.6. The second-order valence-electron chi connectivity index (χ2n) is 5.11. The molecule has 23 heavy (non-hydrogen) atoms. The summed E-state index contributed by atoms with van der Waals surface area (Å²) < 4.78 is 39.9. The average Bonchev–Trinajstić information content (AvgIpc) is 2.45. The van der Waals surface area contributed by atoms with Crippen molar-refractivity contribution in [2.24, 2.45) is 5.73 Å². The van der Waals surface area contributed by atoms with E-state index in [2.05, 4.69) is 10.1 Å². The lowest BCUT2D eigenvalue weighted by molar-refractivity contribution is -0.274. The Labute approximate surface area is 140 Å². The summed E-state index contributed by atoms with van der Waals surface area (Å²) in [5.74, 6) is -0.520. The summed E-state index contributed by atoms with van der Waals surface area (Å²) in [7, 11) is 0. The number of ether oxygens (including phenoxy) is 1. The zero-order chi connectivity index (χ0) is 16.8. The number of carbonyl (C=O) groups is 1. The number of nitrogens with one attached hydrogen (secondary N) is 1. The predicted molar refractivity (Wildman–Crippen MR) is 84.6 cm³/mol. The first-order valence-corrected chi connectivity index (χ1v) is 7.09. The number of rotatable bonds is 7. The van der Waals surface area contributed by atoms with Gasteiger partial charge in [-0.25, -0.2) is 0 Å². The van der Waals surface area contributed by atoms with E-state index in [1.165, 1.54) is 24.3 Å². The lowest BCUT2D eigenvalue weighted by Crippen LogP contribution is -2.53. The monoisotopic (exact) mass is 354 g/mol. The summed E-state index contributed by atoms with van der Waals surface area (Å²) in [5, 5.41) is 2.91. The smallest absolute Gasteiger partial charge is 0.406 e. The van der Waals surface area contributed by atoms with Crippen molar-refractivity contribution in [2.45, 2.75) is 45.0 Å². The van der Waals surface area contributed by atoms with E-state index in [0.717, 1.165) is 0 Å². The first-order chi connectivity index (χ1) is 10.2. The van der Waals surface area contributed by atoms with Crippen LogP contribution in [-0.2, 0) is 11.2 Å². The number of carbonyl (C=O) groups excluding carboxylic acids is 1. The van der Waals surface area contributed by atoms with E-state index in [-0.39, 0.29) is 30.5 Å². The van der Waals surface area contributed by atoms with Gasteiger partial charge in [-0.2, -0.15) is 0 Å². The molecule has 0 unspecified atom stereocenters. The van der Waals surface area contributed by atoms with Crippen LogP contribution in [0.4, 0.5) is 13.2 Å². The van der Waals surface area contributed by atoms with Crippen molar-refractivity contribution in [2.75, 3.05) is 6.54 Å². The highest BCUT2D eigenvalue weighted by Crippen LogP contribution is 2.23. The molecule has 0 radical (unpaired) electrons. The predicted octanol–water partition coefficient (Wildman–Crippen LogP) is 3.18. The molecule has 132 valence electrons. The Bertz CT molecular complexity index is 480. The molecule has 0 saturated carbocycles. The van der Waals surface area contributed by atoms with Crippen LogP contribution in [0.2, 0.25) is 0 Å². The molecule has 1 amide bonds. The van der Waals surface area contributed by atoms with E-state index in [4.69, 9.17) is 5.73 Å². The Kier molecular flexibility index (Phi) is 8.41. The number of hydrogen-bond donors (Lipinski definition) is 2. The Morgan fingerprint density at radius 3 is 2.09 bits per heavy atom. The molecule has 1 rings (SSSR count). The number of halogens is 4. The second kappa shape index (κ2) is 8.98. The summed E-state index contributed by atoms with van der Waals surface area (Å²) >= 11 is 0. The van der Waals surface area contributed by atoms with Gasteiger partial charge < -0.3 is 15.8 Å². The molecular formula is C15H22ClF3N2O2. The van der Waals surface area contributed by atoms with Crippen LogP contribution < -0.4 is 15.8 Å². The van der Waals surface area contributed by atoms with Gasteiger partial charge in [-0.05, 0) is 30.5 Å². The molecule has 0 heterocycles. The van der Waals surface area contributed by atoms with Gasteiger partial charge in [0.25, 0.3) is 0 Å². The molecule has 0 fully saturated rings. The fourth-order valence-corrected chi connectivity index (χ4v) is 2.10. The van der Waals surface area contributed by atoms with Crippen molar-refractivity contribution in [1.29, 1.82) is 0 Å². The van der Waals surface area contributed by atoms with Crippen molar-refractivity contribution in [3.63, 3.8) is 0 Å². The number of amides is 1. The Balaban J connectivity index is 0.00000484. The van der Waals surface area contributed by atoms with E-state index in [0.29, 0.717) is 24.9 Å². The molecule has 0 aromatic heterocycles. The number of alkyl halides is 3. The summed E-state index contributed by atoms with van der Waals surface area (Å²) in [6.45, 7) is 4.23. The third kappa shape index (κ3) is 7.09. The molecule has 4 nitrogen and oxygen atoms in total. The minimum atomic E-state index is -4.72. The van der Waals surface area contributed by atoms with Gasteiger partial charge in [-0.15, -0.1) is 25.6 Å². The topological polar surface area (TPSA) is 64.3 Å². The summed E-state index contributed by atoms with van der Waals surface area (Å²) in [5.41, 5.74) is 5.88. The Morgan fingerprint density at radius 2 is 1.70 bits per heavy atom. The molecule has 0 saturated heterocycles. The summed E-state index contributed by atoms with van der Waals surface area (Å²) in [6, 6.07) is 5.24. The van der Waals surface area contributed by atoms with Crippen LogP contribution in [0.25, 0.3) is 0 Å². The van der Waals surface area contributed by atoms with Crippen molar-refractivity contribution in [3.05, 3.63) is 29.8 Å². The number of benzene rings is 1. The standard InChI is InChI=1S/C15H21F3N2O2.ClH/c1-3-14(4-2,10-19)20-13(21)9-11-5-7-12(8-6-11)22-15(16,17)18;/h5-8H,3-4,9-10,19H2,1-2H3,(H,20,21);1H. The van der Waals surface area contributed by atoms with Gasteiger partial charge >= 0.3 is 6.36 Å². The zero-order valence-corrected chi connectivity index (χ0v) is 13.9. The van der Waals surface area contributed by atoms with E-state index in [1.807, 2.05) is 13.8 Å². The molecular weight excluding hydrogens is 333 g/mol. The van der Waals surface area contributed by atoms with Crippen molar-refractivity contribution < 1.29 is 22.7 Å². The SMILES string of the molecule is CCC(CC)(CN)NC(=O)Cc1ccc(OC(F)(F)F)cc1.Cl. The van der Waals surface area contributed by atoms with Crippen LogP contribution in [-0.4, -0.2) is 24.4 Å². The van der Waals surface area contributed by atoms with Gasteiger partial charge in [-0.3, -0.25) is 4.79 Å². The first kappa shape index (κ1) is 21.5. The first-order valence-electron chi connectivity index (χ1n) is 7.09. The Hall–Kier alpha value is -1.47. The van der Waals surface area contributed by atoms with E-state index < -0.39 is 11.9 Å². The molecule has 1 aromatic carbocycles. The van der Waals surface area contributed by atoms with Gasteiger partial charge in [0.05, 0.1) is 12.0 Å². The van der Waals surface area contributed by atoms with Gasteiger partial charge in [0, 0.05) is 6.54 Å². The van der Waals surface area contributed by atoms with Gasteiger partial charge in [0.15, 0.2) is 0 Å². The fraction of sp³-hybridized carbons (Fsp3) is 0.533. The average molecular weight is 355 g/mol. The highest BCUT2D eigenvalue weighted by atomic mass is 35.5. The maximum atomic E-state index is 12.1. The largest absolute Gasteiger partial charge is 0.573 e. The van der Waals surface area contributed by atoms with Crippen LogP contribution >= 0.6 is 12.4 Å². The molecule has 3 N–H and O–H groups in total. The van der Waals surface area contributed by atoms with Crippen LogP contribution in [0.15, 0.2) is 24.3 Å². The van der Waals surface area contributed by atoms with Gasteiger partial charge in [0.1, 0.15) is 5.75 Å². The van der Waals surface area contributed by atoms with E-state index in [1.54, 1.807) is 0 Å². The fourth-order valence-electron chi connectivity index (χ4n) is 2.10. The second-order valence-corrected chi connectivity index (χ2v) is 5.11. The minimum absolute atomic E-state index is 0. The maximum Gasteiger partial charge on any atom is 0.573 e. The number of nitrogens with two attached hydrogens (primary N) is 1. The molecule has 0 aliphatic heterocycles. The third-order valence-electron chi connectivity index (χ3n) is 3.67. The summed E-state index contributed by atoms with van der Waals surface area (Å²) in [4.78, 5) is 12.0. The van der Waals surface area contributed by atoms with Gasteiger partial charge in [-0.1, -0.05) is 26.0 Å². The quantitative estimate of drug-likeness (QED) is 0.790. The van der Waals surface area contributed by atoms with Crippen molar-refractivity contribution in [3.8, 4) is 5.75 Å². The molecule has 0 bridgehead atoms. The molecule has 1 aromatic rings. The maximum absolute atomic E-state index is 12.1. The molecule has 8 heteroatoms. The van der Waals surface area contributed by atoms with Gasteiger partial charge in [0.2, 0.25) is 5.91 Å². The van der Waals surface area contributed by atoms with E-state index in [9.17, 15) is 18.0 Å². The van der Waals surface area contributed by atoms with Crippen LogP contribution in [0.1, 0.15) is 32.3 Å². The molecule has 0 aliphatic carbocycles. The minimum Gasteiger partial charge on any atom is -0.406 e. The van der Waals surface area contributed by atoms with Crippen LogP contribution in [0, 0.1) is 0 Å². The lowest BCUT2D eigenvalue weighted by Gasteiger charge is -2.31. The number of hydrogen-bond acceptors (Lipinski definition) is 3. The third-order valence-corrected chi connectivity index (χ3v) is 3.67. The van der Waals surface area contributed by atoms with Crippen molar-refractivity contribution >= 4 is 18.3 Å². The summed E-state index contributed by atoms with van der Waals surface area (Å²) in [6.07, 6.45) is -3.22. The zero-order valence-electron chi connectivity index (χ0n) is 13.1. The molecule has 0 atom stereocenters. The van der Waals surface area contributed by atoms with Crippen molar-refractivity contribution in [1.82, 2.24) is 5.32 Å². The molecule has 0 aliphatic rings. The highest BCUT2D eigenvalue weighted by molar-refractivity contribution is 5.85. The lowest BCUT2D eigenvalue weighted by atomic mass is 9.92. The van der Waals surface area contributed by atoms with Crippen LogP contribution in [0.5, 0.6) is 5.75 Å². The highest BCUT2D eigenvalue weighted by Gasteiger charge is 2.31. The Morgan fingerprint density at radius 1 is 1.17 bits per heavy atom. The van der Waals surface area contributed by atoms with E-state index >= 15 is 0 Å².